The number of aryl methyl sites for hydroxylation is 2. The summed E-state index contributed by atoms with van der Waals surface area (Å²) in [5.74, 6) is 0. The summed E-state index contributed by atoms with van der Waals surface area (Å²) >= 11 is 3.48. The van der Waals surface area contributed by atoms with Crippen LogP contribution in [0.25, 0.3) is 0 Å². The molecule has 2 aromatic heterocycles. The second-order valence-corrected chi connectivity index (χ2v) is 8.95. The molecule has 0 aromatic carbocycles. The van der Waals surface area contributed by atoms with Gasteiger partial charge in [-0.25, -0.2) is 9.78 Å². The van der Waals surface area contributed by atoms with Gasteiger partial charge >= 0.3 is 6.03 Å². The van der Waals surface area contributed by atoms with E-state index in [9.17, 15) is 4.79 Å². The highest BCUT2D eigenvalue weighted by Gasteiger charge is 2.22. The molecular weight excluding hydrogens is 352 g/mol. The number of thiophene rings is 1. The Hall–Kier alpha value is -1.44. The Balaban J connectivity index is 1.26. The summed E-state index contributed by atoms with van der Waals surface area (Å²) in [6.07, 6.45) is 5.72. The predicted molar refractivity (Wildman–Crippen MR) is 104 cm³/mol. The first-order valence-corrected chi connectivity index (χ1v) is 10.7. The second-order valence-electron chi connectivity index (χ2n) is 6.87. The molecule has 1 aliphatic heterocycles. The first kappa shape index (κ1) is 17.0. The number of amides is 2. The highest BCUT2D eigenvalue weighted by Crippen LogP contribution is 2.29. The molecule has 0 radical (unpaired) electrons. The second kappa shape index (κ2) is 7.43. The van der Waals surface area contributed by atoms with E-state index in [1.807, 2.05) is 11.3 Å². The Bertz CT molecular complexity index is 731. The number of thiazole rings is 1. The van der Waals surface area contributed by atoms with Gasteiger partial charge in [-0.3, -0.25) is 10.2 Å². The Morgan fingerprint density at radius 3 is 3.08 bits per heavy atom. The van der Waals surface area contributed by atoms with E-state index in [0.29, 0.717) is 12.6 Å². The van der Waals surface area contributed by atoms with Crippen molar-refractivity contribution in [2.24, 2.45) is 0 Å². The molecule has 0 fully saturated rings. The average molecular weight is 377 g/mol. The number of urea groups is 1. The van der Waals surface area contributed by atoms with Crippen LogP contribution in [-0.4, -0.2) is 35.0 Å². The van der Waals surface area contributed by atoms with Gasteiger partial charge in [0.1, 0.15) is 0 Å². The minimum Gasteiger partial charge on any atom is -0.336 e. The van der Waals surface area contributed by atoms with Crippen LogP contribution in [0.1, 0.15) is 40.8 Å². The summed E-state index contributed by atoms with van der Waals surface area (Å²) in [6.45, 7) is 4.88. The maximum absolute atomic E-state index is 12.2. The zero-order valence-electron chi connectivity index (χ0n) is 14.5. The average Bonchev–Trinajstić information content (AvgIpc) is 3.24. The van der Waals surface area contributed by atoms with Crippen LogP contribution in [-0.2, 0) is 25.8 Å². The molecule has 2 N–H and O–H groups in total. The van der Waals surface area contributed by atoms with Crippen LogP contribution < -0.4 is 10.6 Å². The smallest absolute Gasteiger partial charge is 0.321 e. The SMILES string of the molecule is CC(CNC(=O)Nc1nc2c(s1)CCCC2)N1CCc2sccc2C1. The lowest BCUT2D eigenvalue weighted by Gasteiger charge is -2.32. The van der Waals surface area contributed by atoms with Crippen LogP contribution >= 0.6 is 22.7 Å². The molecule has 4 rings (SSSR count). The Morgan fingerprint density at radius 2 is 2.20 bits per heavy atom. The van der Waals surface area contributed by atoms with Crippen molar-refractivity contribution < 1.29 is 4.79 Å². The molecular formula is C18H24N4OS2. The monoisotopic (exact) mass is 376 g/mol. The van der Waals surface area contributed by atoms with Crippen LogP contribution in [0, 0.1) is 0 Å². The van der Waals surface area contributed by atoms with E-state index in [1.165, 1.54) is 33.9 Å². The van der Waals surface area contributed by atoms with Crippen molar-refractivity contribution in [2.75, 3.05) is 18.4 Å². The summed E-state index contributed by atoms with van der Waals surface area (Å²) in [5.41, 5.74) is 2.63. The molecule has 0 bridgehead atoms. The van der Waals surface area contributed by atoms with E-state index >= 15 is 0 Å². The Kier molecular flexibility index (Phi) is 5.05. The van der Waals surface area contributed by atoms with Crippen LogP contribution in [0.5, 0.6) is 0 Å². The molecule has 3 heterocycles. The van der Waals surface area contributed by atoms with E-state index in [0.717, 1.165) is 37.5 Å². The molecule has 1 atom stereocenters. The molecule has 0 saturated heterocycles. The Labute approximate surface area is 156 Å². The van der Waals surface area contributed by atoms with Crippen LogP contribution in [0.2, 0.25) is 0 Å². The minimum atomic E-state index is -0.147. The number of hydrogen-bond donors (Lipinski definition) is 2. The standard InChI is InChI=1S/C18H24N4OS2/c1-12(22-8-6-15-13(11-22)7-9-24-15)10-19-17(23)21-18-20-14-4-2-3-5-16(14)25-18/h7,9,12H,2-6,8,10-11H2,1H3,(H2,19,20,21,23). The van der Waals surface area contributed by atoms with Gasteiger partial charge in [-0.2, -0.15) is 0 Å². The van der Waals surface area contributed by atoms with Crippen molar-refractivity contribution in [1.29, 1.82) is 0 Å². The number of fused-ring (bicyclic) bond motifs is 2. The lowest BCUT2D eigenvalue weighted by molar-refractivity contribution is 0.188. The molecule has 134 valence electrons. The third kappa shape index (κ3) is 3.88. The zero-order valence-corrected chi connectivity index (χ0v) is 16.1. The third-order valence-corrected chi connectivity index (χ3v) is 7.18. The number of carbonyl (C=O) groups is 1. The van der Waals surface area contributed by atoms with Crippen molar-refractivity contribution in [3.05, 3.63) is 32.5 Å². The van der Waals surface area contributed by atoms with Crippen molar-refractivity contribution in [3.63, 3.8) is 0 Å². The zero-order chi connectivity index (χ0) is 17.2. The summed E-state index contributed by atoms with van der Waals surface area (Å²) in [5, 5.41) is 8.83. The first-order chi connectivity index (χ1) is 12.2. The summed E-state index contributed by atoms with van der Waals surface area (Å²) < 4.78 is 0. The molecule has 7 heteroatoms. The third-order valence-electron chi connectivity index (χ3n) is 5.08. The fraction of sp³-hybridized carbons (Fsp3) is 0.556. The number of aromatic nitrogens is 1. The van der Waals surface area contributed by atoms with Gasteiger partial charge in [0, 0.05) is 35.4 Å². The van der Waals surface area contributed by atoms with Crippen LogP contribution in [0.15, 0.2) is 11.4 Å². The maximum atomic E-state index is 12.2. The maximum Gasteiger partial charge on any atom is 0.321 e. The van der Waals surface area contributed by atoms with Gasteiger partial charge in [-0.15, -0.1) is 22.7 Å². The topological polar surface area (TPSA) is 57.3 Å². The molecule has 0 spiro atoms. The molecule has 2 aromatic rings. The van der Waals surface area contributed by atoms with Gasteiger partial charge in [0.15, 0.2) is 5.13 Å². The minimum absolute atomic E-state index is 0.147. The molecule has 5 nitrogen and oxygen atoms in total. The molecule has 0 saturated carbocycles. The van der Waals surface area contributed by atoms with Crippen molar-refractivity contribution in [2.45, 2.75) is 51.6 Å². The van der Waals surface area contributed by atoms with Crippen molar-refractivity contribution >= 4 is 33.8 Å². The number of carbonyl (C=O) groups excluding carboxylic acids is 1. The number of anilines is 1. The van der Waals surface area contributed by atoms with Crippen LogP contribution in [0.3, 0.4) is 0 Å². The number of hydrogen-bond acceptors (Lipinski definition) is 5. The van der Waals surface area contributed by atoms with Crippen molar-refractivity contribution in [3.8, 4) is 0 Å². The lowest BCUT2D eigenvalue weighted by Crippen LogP contribution is -2.45. The van der Waals surface area contributed by atoms with Gasteiger partial charge in [-0.1, -0.05) is 0 Å². The van der Waals surface area contributed by atoms with E-state index in [4.69, 9.17) is 0 Å². The first-order valence-electron chi connectivity index (χ1n) is 9.02. The predicted octanol–water partition coefficient (Wildman–Crippen LogP) is 3.65. The molecule has 2 amide bonds. The summed E-state index contributed by atoms with van der Waals surface area (Å²) in [7, 11) is 0. The highest BCUT2D eigenvalue weighted by atomic mass is 32.1. The number of nitrogens with zero attached hydrogens (tertiary/aromatic N) is 2. The van der Waals surface area contributed by atoms with Crippen LogP contribution in [0.4, 0.5) is 9.93 Å². The van der Waals surface area contributed by atoms with Gasteiger partial charge in [0.2, 0.25) is 0 Å². The number of rotatable bonds is 4. The van der Waals surface area contributed by atoms with Gasteiger partial charge in [0.25, 0.3) is 0 Å². The van der Waals surface area contributed by atoms with E-state index in [2.05, 4.69) is 38.9 Å². The molecule has 2 aliphatic rings. The normalized spacial score (nSPS) is 18.3. The fourth-order valence-electron chi connectivity index (χ4n) is 3.56. The van der Waals surface area contributed by atoms with E-state index in [1.54, 1.807) is 11.3 Å². The lowest BCUT2D eigenvalue weighted by atomic mass is 10.0. The quantitative estimate of drug-likeness (QED) is 0.856. The van der Waals surface area contributed by atoms with Gasteiger partial charge < -0.3 is 5.32 Å². The molecule has 25 heavy (non-hydrogen) atoms. The van der Waals surface area contributed by atoms with Gasteiger partial charge in [-0.05, 0) is 56.0 Å². The van der Waals surface area contributed by atoms with E-state index < -0.39 is 0 Å². The van der Waals surface area contributed by atoms with E-state index in [-0.39, 0.29) is 6.03 Å². The largest absolute Gasteiger partial charge is 0.336 e. The fourth-order valence-corrected chi connectivity index (χ4v) is 5.50. The van der Waals surface area contributed by atoms with Crippen molar-refractivity contribution in [1.82, 2.24) is 15.2 Å². The summed E-state index contributed by atoms with van der Waals surface area (Å²) in [4.78, 5) is 22.1. The van der Waals surface area contributed by atoms with Gasteiger partial charge in [0.05, 0.1) is 5.69 Å². The highest BCUT2D eigenvalue weighted by molar-refractivity contribution is 7.15. The molecule has 1 aliphatic carbocycles. The molecule has 1 unspecified atom stereocenters. The summed E-state index contributed by atoms with van der Waals surface area (Å²) in [6, 6.07) is 2.40. The Morgan fingerprint density at radius 1 is 1.32 bits per heavy atom. The number of nitrogens with one attached hydrogen (secondary N) is 2.